The van der Waals surface area contributed by atoms with Crippen LogP contribution in [0.3, 0.4) is 0 Å². The number of alkyl halides is 3. The summed E-state index contributed by atoms with van der Waals surface area (Å²) in [5, 5.41) is 3.32. The van der Waals surface area contributed by atoms with Gasteiger partial charge in [-0.1, -0.05) is 144 Å². The number of hydrogen-bond donors (Lipinski definition) is 0. The Balaban J connectivity index is 1.27. The van der Waals surface area contributed by atoms with Crippen LogP contribution in [0.4, 0.5) is 13.2 Å². The van der Waals surface area contributed by atoms with E-state index in [1.54, 1.807) is 26.0 Å². The third-order valence-electron chi connectivity index (χ3n) is 15.3. The van der Waals surface area contributed by atoms with E-state index in [0.29, 0.717) is 39.3 Å². The van der Waals surface area contributed by atoms with Gasteiger partial charge in [0, 0.05) is 27.1 Å². The van der Waals surface area contributed by atoms with Crippen molar-refractivity contribution in [3.05, 3.63) is 219 Å². The number of benzene rings is 9. The van der Waals surface area contributed by atoms with Gasteiger partial charge >= 0.3 is 6.18 Å². The molecule has 374 valence electrons. The molecule has 12 aromatic rings. The third-order valence-corrected chi connectivity index (χ3v) is 15.3. The lowest BCUT2D eigenvalue weighted by atomic mass is 9.96. The van der Waals surface area contributed by atoms with Crippen LogP contribution in [-0.4, -0.2) is 24.1 Å². The van der Waals surface area contributed by atoms with Gasteiger partial charge in [-0.05, 0) is 172 Å². The van der Waals surface area contributed by atoms with Gasteiger partial charge in [-0.25, -0.2) is 15.0 Å². The summed E-state index contributed by atoms with van der Waals surface area (Å²) in [5.74, 6) is 1.21. The molecule has 12 rings (SSSR count). The zero-order chi connectivity index (χ0) is 53.1. The van der Waals surface area contributed by atoms with Gasteiger partial charge in [-0.3, -0.25) is 0 Å². The first kappa shape index (κ1) is 48.3. The second-order valence-electron chi connectivity index (χ2n) is 21.0. The highest BCUT2D eigenvalue weighted by Crippen LogP contribution is 2.48. The summed E-state index contributed by atoms with van der Waals surface area (Å²) >= 11 is 0. The molecule has 5 nitrogen and oxygen atoms in total. The molecule has 8 heteroatoms. The zero-order valence-electron chi connectivity index (χ0n) is 44.4. The molecule has 3 heterocycles. The SMILES string of the molecule is Cc1ccc(-c2ccc3c4ccc(-c5ccc(C)cc5C)cc4n(-c4cc(-c5nc(C)nc(C)n5)cc(-n5c6cc(-c7ccc(C)cc7C)ccc6c6ccc(-c7ccc(C)cc7C)cc65)c4C(F)(F)F)c3c2)c(C)c1. The van der Waals surface area contributed by atoms with Gasteiger partial charge in [-0.2, -0.15) is 13.2 Å². The minimum atomic E-state index is -4.90. The molecule has 0 unspecified atom stereocenters. The quantitative estimate of drug-likeness (QED) is 0.160. The van der Waals surface area contributed by atoms with E-state index in [1.165, 1.54) is 0 Å². The number of aromatic nitrogens is 5. The van der Waals surface area contributed by atoms with Gasteiger partial charge in [0.25, 0.3) is 0 Å². The van der Waals surface area contributed by atoms with Crippen molar-refractivity contribution in [2.45, 2.75) is 75.4 Å². The maximum absolute atomic E-state index is 17.4. The Kier molecular flexibility index (Phi) is 11.5. The molecule has 0 atom stereocenters. The first-order valence-corrected chi connectivity index (χ1v) is 25.8. The van der Waals surface area contributed by atoms with Crippen LogP contribution in [0.15, 0.2) is 158 Å². The molecule has 76 heavy (non-hydrogen) atoms. The van der Waals surface area contributed by atoms with Gasteiger partial charge in [0.2, 0.25) is 0 Å². The summed E-state index contributed by atoms with van der Waals surface area (Å²) in [4.78, 5) is 14.2. The lowest BCUT2D eigenvalue weighted by Crippen LogP contribution is -2.16. The van der Waals surface area contributed by atoms with Crippen LogP contribution in [-0.2, 0) is 6.18 Å². The van der Waals surface area contributed by atoms with Crippen LogP contribution in [0.1, 0.15) is 61.7 Å². The van der Waals surface area contributed by atoms with Crippen molar-refractivity contribution in [1.29, 1.82) is 0 Å². The maximum atomic E-state index is 17.4. The van der Waals surface area contributed by atoms with E-state index in [1.807, 2.05) is 9.13 Å². The predicted molar refractivity (Wildman–Crippen MR) is 308 cm³/mol. The third kappa shape index (κ3) is 8.24. The van der Waals surface area contributed by atoms with E-state index in [9.17, 15) is 0 Å². The number of aryl methyl sites for hydroxylation is 10. The fourth-order valence-electron chi connectivity index (χ4n) is 11.9. The van der Waals surface area contributed by atoms with Crippen molar-refractivity contribution in [1.82, 2.24) is 24.1 Å². The summed E-state index contributed by atoms with van der Waals surface area (Å²) in [6.07, 6.45) is -4.90. The molecule has 0 amide bonds. The number of fused-ring (bicyclic) bond motifs is 6. The lowest BCUT2D eigenvalue weighted by molar-refractivity contribution is -0.137. The van der Waals surface area contributed by atoms with Gasteiger partial charge in [0.15, 0.2) is 5.82 Å². The lowest BCUT2D eigenvalue weighted by Gasteiger charge is -2.23. The highest BCUT2D eigenvalue weighted by atomic mass is 19.4. The molecule has 0 aliphatic heterocycles. The van der Waals surface area contributed by atoms with Crippen LogP contribution in [0.2, 0.25) is 0 Å². The predicted octanol–water partition coefficient (Wildman–Crippen LogP) is 18.5. The van der Waals surface area contributed by atoms with Crippen LogP contribution in [0.25, 0.3) is 111 Å². The van der Waals surface area contributed by atoms with Crippen molar-refractivity contribution < 1.29 is 13.2 Å². The Morgan fingerprint density at radius 1 is 0.316 bits per heavy atom. The number of rotatable bonds is 7. The van der Waals surface area contributed by atoms with Gasteiger partial charge in [0.1, 0.15) is 17.2 Å². The molecule has 0 N–H and O–H groups in total. The molecule has 0 saturated heterocycles. The molecule has 0 saturated carbocycles. The molecule has 0 spiro atoms. The molecule has 0 fully saturated rings. The van der Waals surface area contributed by atoms with E-state index >= 15 is 13.2 Å². The molecule has 9 aromatic carbocycles. The summed E-state index contributed by atoms with van der Waals surface area (Å²) in [6, 6.07) is 53.4. The smallest absolute Gasteiger partial charge is 0.308 e. The minimum absolute atomic E-state index is 0.0441. The second-order valence-corrected chi connectivity index (χ2v) is 21.0. The van der Waals surface area contributed by atoms with E-state index in [0.717, 1.165) is 111 Å². The van der Waals surface area contributed by atoms with Crippen LogP contribution < -0.4 is 0 Å². The molecule has 0 aliphatic rings. The molecular weight excluding hydrogens is 944 g/mol. The first-order valence-electron chi connectivity index (χ1n) is 25.8. The molecule has 3 aromatic heterocycles. The number of hydrogen-bond acceptors (Lipinski definition) is 3. The van der Waals surface area contributed by atoms with Crippen molar-refractivity contribution >= 4 is 43.6 Å². The number of halogens is 3. The molecule has 0 aliphatic carbocycles. The Morgan fingerprint density at radius 3 is 0.868 bits per heavy atom. The fraction of sp³-hybridized carbons (Fsp3) is 0.162. The van der Waals surface area contributed by atoms with Crippen molar-refractivity contribution in [3.63, 3.8) is 0 Å². The van der Waals surface area contributed by atoms with Crippen LogP contribution in [0.5, 0.6) is 0 Å². The van der Waals surface area contributed by atoms with Crippen LogP contribution >= 0.6 is 0 Å². The molecule has 0 bridgehead atoms. The Hall–Kier alpha value is -8.62. The fourth-order valence-corrected chi connectivity index (χ4v) is 11.9. The molecular formula is C68H56F3N5. The first-order chi connectivity index (χ1) is 36.4. The Bertz CT molecular complexity index is 3910. The average Bonchev–Trinajstić information content (AvgIpc) is 3.88. The van der Waals surface area contributed by atoms with E-state index in [4.69, 9.17) is 9.97 Å². The van der Waals surface area contributed by atoms with Gasteiger partial charge < -0.3 is 9.13 Å². The van der Waals surface area contributed by atoms with Crippen LogP contribution in [0, 0.1) is 69.2 Å². The largest absolute Gasteiger partial charge is 0.420 e. The average molecular weight is 1000 g/mol. The monoisotopic (exact) mass is 999 g/mol. The van der Waals surface area contributed by atoms with Crippen molar-refractivity contribution in [3.8, 4) is 67.3 Å². The maximum Gasteiger partial charge on any atom is 0.420 e. The number of nitrogens with zero attached hydrogens (tertiary/aromatic N) is 5. The van der Waals surface area contributed by atoms with Gasteiger partial charge in [-0.15, -0.1) is 0 Å². The zero-order valence-corrected chi connectivity index (χ0v) is 44.4. The van der Waals surface area contributed by atoms with E-state index in [-0.39, 0.29) is 17.2 Å². The summed E-state index contributed by atoms with van der Waals surface area (Å²) in [5.41, 5.74) is 18.5. The van der Waals surface area contributed by atoms with E-state index < -0.39 is 11.7 Å². The topological polar surface area (TPSA) is 48.5 Å². The minimum Gasteiger partial charge on any atom is -0.308 e. The standard InChI is InChI=1S/C68H56F3N5/c1-37-11-19-52(41(5)27-37)47-15-23-56-57-24-16-48(53-20-12-38(2)28-42(53)6)32-61(57)75(60(56)31-47)64-35-51(67-73-45(9)72-46(10)74-67)36-65(66(64)68(69,70)71)76-62-33-49(54-21-13-39(3)29-43(54)7)17-25-58(62)59-26-18-50(34-63(59)76)55-22-14-40(4)30-44(55)8/h11-36H,1-10H3. The second kappa shape index (κ2) is 18.0. The normalized spacial score (nSPS) is 12.0. The highest BCUT2D eigenvalue weighted by molar-refractivity contribution is 6.13. The summed E-state index contributed by atoms with van der Waals surface area (Å²) < 4.78 is 56.0. The van der Waals surface area contributed by atoms with E-state index in [2.05, 4.69) is 206 Å². The highest BCUT2D eigenvalue weighted by Gasteiger charge is 2.40. The summed E-state index contributed by atoms with van der Waals surface area (Å²) in [7, 11) is 0. The van der Waals surface area contributed by atoms with Crippen molar-refractivity contribution in [2.75, 3.05) is 0 Å². The van der Waals surface area contributed by atoms with Crippen molar-refractivity contribution in [2.24, 2.45) is 0 Å². The molecule has 0 radical (unpaired) electrons. The Labute approximate surface area is 441 Å². The Morgan fingerprint density at radius 2 is 0.605 bits per heavy atom. The summed E-state index contributed by atoms with van der Waals surface area (Å²) in [6.45, 7) is 20.2. The van der Waals surface area contributed by atoms with Gasteiger partial charge in [0.05, 0.1) is 33.4 Å².